The van der Waals surface area contributed by atoms with Crippen molar-refractivity contribution in [3.8, 4) is 11.5 Å². The van der Waals surface area contributed by atoms with Crippen LogP contribution in [-0.4, -0.2) is 17.3 Å². The van der Waals surface area contributed by atoms with Crippen LogP contribution in [0.5, 0.6) is 11.5 Å². The molecular weight excluding hydrogens is 414 g/mol. The summed E-state index contributed by atoms with van der Waals surface area (Å²) in [7, 11) is 1.00. The van der Waals surface area contributed by atoms with Gasteiger partial charge >= 0.3 is 0 Å². The van der Waals surface area contributed by atoms with E-state index in [2.05, 4.69) is 11.6 Å². The third kappa shape index (κ3) is 7.66. The predicted octanol–water partition coefficient (Wildman–Crippen LogP) is 6.35. The number of hydrogen-bond acceptors (Lipinski definition) is 6. The maximum Gasteiger partial charge on any atom is 0.162 e. The van der Waals surface area contributed by atoms with Crippen LogP contribution in [0.15, 0.2) is 64.3 Å². The molecule has 29 heavy (non-hydrogen) atoms. The summed E-state index contributed by atoms with van der Waals surface area (Å²) in [6.45, 7) is 7.83. The summed E-state index contributed by atoms with van der Waals surface area (Å²) in [4.78, 5) is 4.56. The lowest BCUT2D eigenvalue weighted by Gasteiger charge is -2.07. The molecule has 0 aromatic heterocycles. The van der Waals surface area contributed by atoms with Crippen LogP contribution >= 0.6 is 23.7 Å². The summed E-state index contributed by atoms with van der Waals surface area (Å²) in [6.07, 6.45) is 2.77. The Labute approximate surface area is 178 Å². The summed E-state index contributed by atoms with van der Waals surface area (Å²) in [5.74, 6) is -1.08. The Balaban J connectivity index is 0.000000989. The minimum atomic E-state index is -0.943. The predicted molar refractivity (Wildman–Crippen MR) is 121 cm³/mol. The van der Waals surface area contributed by atoms with E-state index in [0.29, 0.717) is 5.75 Å². The number of nitrogens with two attached hydrogens (primary N) is 1. The highest BCUT2D eigenvalue weighted by Gasteiger charge is 2.12. The molecule has 0 unspecified atom stereocenters. The van der Waals surface area contributed by atoms with E-state index in [1.807, 2.05) is 32.1 Å². The molecule has 0 saturated heterocycles. The van der Waals surface area contributed by atoms with Crippen molar-refractivity contribution in [2.45, 2.75) is 20.3 Å². The van der Waals surface area contributed by atoms with Crippen LogP contribution in [0.2, 0.25) is 0 Å². The molecule has 0 aliphatic carbocycles. The third-order valence-corrected chi connectivity index (χ3v) is 4.88. The first-order chi connectivity index (χ1) is 14.0. The van der Waals surface area contributed by atoms with Crippen LogP contribution in [0.4, 0.5) is 8.78 Å². The van der Waals surface area contributed by atoms with Crippen molar-refractivity contribution in [3.63, 3.8) is 0 Å². The normalized spacial score (nSPS) is 12.0. The second kappa shape index (κ2) is 13.2. The van der Waals surface area contributed by atoms with Gasteiger partial charge in [-0.05, 0) is 48.3 Å². The van der Waals surface area contributed by atoms with Gasteiger partial charge in [-0.2, -0.15) is 0 Å². The molecule has 8 heteroatoms. The number of rotatable bonds is 5. The molecule has 0 bridgehead atoms. The van der Waals surface area contributed by atoms with Crippen molar-refractivity contribution in [3.05, 3.63) is 76.6 Å². The van der Waals surface area contributed by atoms with Crippen LogP contribution < -0.4 is 9.88 Å². The second-order valence-electron chi connectivity index (χ2n) is 5.09. The lowest BCUT2D eigenvalue weighted by Crippen LogP contribution is -1.89. The first-order valence-corrected chi connectivity index (χ1v) is 10.4. The standard InChI is InChI=1S/C18H14F2N2OS2.C2H6.CH4O/c1-11(25-21)24-18-9-8-17(22-18)12-2-4-13(5-3-12)23-14-6-7-15(19)16(20)10-14;2*1-2/h2-8,10H,1,9,21H2;1-2H3;2H,1H3. The van der Waals surface area contributed by atoms with Gasteiger partial charge in [0.2, 0.25) is 0 Å². The molecule has 0 atom stereocenters. The lowest BCUT2D eigenvalue weighted by molar-refractivity contribution is 0.399. The van der Waals surface area contributed by atoms with E-state index in [4.69, 9.17) is 15.0 Å². The Kier molecular flexibility index (Phi) is 11.3. The molecular formula is C21H24F2N2O2S2. The van der Waals surface area contributed by atoms with Gasteiger partial charge in [-0.3, -0.25) is 5.14 Å². The fraction of sp³-hybridized carbons (Fsp3) is 0.190. The van der Waals surface area contributed by atoms with Crippen LogP contribution in [-0.2, 0) is 0 Å². The smallest absolute Gasteiger partial charge is 0.162 e. The average molecular weight is 439 g/mol. The Morgan fingerprint density at radius 3 is 2.28 bits per heavy atom. The van der Waals surface area contributed by atoms with Gasteiger partial charge in [-0.25, -0.2) is 13.8 Å². The van der Waals surface area contributed by atoms with Crippen molar-refractivity contribution in [1.82, 2.24) is 0 Å². The molecule has 0 spiro atoms. The zero-order valence-corrected chi connectivity index (χ0v) is 18.1. The highest BCUT2D eigenvalue weighted by Crippen LogP contribution is 2.33. The summed E-state index contributed by atoms with van der Waals surface area (Å²) >= 11 is 2.57. The molecule has 2 aromatic rings. The molecule has 0 radical (unpaired) electrons. The van der Waals surface area contributed by atoms with Crippen LogP contribution in [0, 0.1) is 11.6 Å². The number of aliphatic imine (C=N–C) groups is 1. The number of aliphatic hydroxyl groups excluding tert-OH is 1. The van der Waals surface area contributed by atoms with E-state index in [-0.39, 0.29) is 5.75 Å². The molecule has 0 fully saturated rings. The van der Waals surface area contributed by atoms with Gasteiger partial charge in [-0.15, -0.1) is 0 Å². The molecule has 3 rings (SSSR count). The minimum Gasteiger partial charge on any atom is -0.457 e. The van der Waals surface area contributed by atoms with E-state index in [1.54, 1.807) is 12.1 Å². The number of benzene rings is 2. The Morgan fingerprint density at radius 2 is 1.69 bits per heavy atom. The first-order valence-electron chi connectivity index (χ1n) is 8.74. The summed E-state index contributed by atoms with van der Waals surface area (Å²) < 4.78 is 32.5. The van der Waals surface area contributed by atoms with Crippen LogP contribution in [0.1, 0.15) is 25.8 Å². The maximum absolute atomic E-state index is 13.2. The number of aliphatic hydroxyl groups is 1. The Bertz CT molecular complexity index is 869. The average Bonchev–Trinajstić information content (AvgIpc) is 3.22. The number of nitrogens with zero attached hydrogens (tertiary/aromatic N) is 1. The van der Waals surface area contributed by atoms with E-state index in [1.165, 1.54) is 17.8 Å². The van der Waals surface area contributed by atoms with E-state index < -0.39 is 11.6 Å². The number of halogens is 2. The van der Waals surface area contributed by atoms with Gasteiger partial charge in [0.1, 0.15) is 11.5 Å². The number of hydrogen-bond donors (Lipinski definition) is 2. The molecule has 0 amide bonds. The topological polar surface area (TPSA) is 67.8 Å². The summed E-state index contributed by atoms with van der Waals surface area (Å²) in [5.41, 5.74) is 1.82. The van der Waals surface area contributed by atoms with Gasteiger partial charge in [0, 0.05) is 25.2 Å². The van der Waals surface area contributed by atoms with Gasteiger partial charge in [-0.1, -0.05) is 38.3 Å². The van der Waals surface area contributed by atoms with E-state index in [0.717, 1.165) is 58.2 Å². The van der Waals surface area contributed by atoms with Gasteiger partial charge in [0.25, 0.3) is 0 Å². The van der Waals surface area contributed by atoms with Crippen LogP contribution in [0.25, 0.3) is 5.70 Å². The highest BCUT2D eigenvalue weighted by atomic mass is 32.2. The van der Waals surface area contributed by atoms with Gasteiger partial charge in [0.15, 0.2) is 11.6 Å². The van der Waals surface area contributed by atoms with Crippen molar-refractivity contribution in [2.24, 2.45) is 10.1 Å². The van der Waals surface area contributed by atoms with Crippen LogP contribution in [0.3, 0.4) is 0 Å². The molecule has 2 aromatic carbocycles. The second-order valence-corrected chi connectivity index (χ2v) is 7.25. The molecule has 1 heterocycles. The van der Waals surface area contributed by atoms with E-state index in [9.17, 15) is 8.78 Å². The van der Waals surface area contributed by atoms with Crippen molar-refractivity contribution in [1.29, 1.82) is 0 Å². The zero-order chi connectivity index (χ0) is 21.8. The number of ether oxygens (including phenoxy) is 1. The lowest BCUT2D eigenvalue weighted by atomic mass is 10.1. The maximum atomic E-state index is 13.2. The molecule has 1 aliphatic heterocycles. The molecule has 4 nitrogen and oxygen atoms in total. The number of allylic oxidation sites excluding steroid dienone is 1. The molecule has 156 valence electrons. The van der Waals surface area contributed by atoms with Crippen molar-refractivity contribution < 1.29 is 18.6 Å². The fourth-order valence-electron chi connectivity index (χ4n) is 2.18. The molecule has 0 saturated carbocycles. The minimum absolute atomic E-state index is 0.237. The first kappa shape index (κ1) is 24.9. The van der Waals surface area contributed by atoms with Gasteiger partial charge < -0.3 is 9.84 Å². The van der Waals surface area contributed by atoms with E-state index >= 15 is 0 Å². The van der Waals surface area contributed by atoms with Gasteiger partial charge in [0.05, 0.1) is 15.0 Å². The monoisotopic (exact) mass is 438 g/mol. The van der Waals surface area contributed by atoms with Crippen molar-refractivity contribution >= 4 is 34.5 Å². The summed E-state index contributed by atoms with van der Waals surface area (Å²) in [6, 6.07) is 10.7. The Hall–Kier alpha value is -2.13. The molecule has 3 N–H and O–H groups in total. The quantitative estimate of drug-likeness (QED) is 0.533. The highest BCUT2D eigenvalue weighted by molar-refractivity contribution is 8.29. The fourth-order valence-corrected chi connectivity index (χ4v) is 3.24. The summed E-state index contributed by atoms with van der Waals surface area (Å²) in [5, 5.41) is 13.4. The number of thioether (sulfide) groups is 1. The Morgan fingerprint density at radius 1 is 1.07 bits per heavy atom. The SMILES string of the molecule is C=C(SN)SC1=NC(c2ccc(Oc3ccc(F)c(F)c3)cc2)=CC1.CC.CO. The third-order valence-electron chi connectivity index (χ3n) is 3.36. The zero-order valence-electron chi connectivity index (χ0n) is 16.5. The largest absolute Gasteiger partial charge is 0.457 e. The molecule has 1 aliphatic rings. The van der Waals surface area contributed by atoms with Crippen molar-refractivity contribution in [2.75, 3.05) is 7.11 Å².